The Morgan fingerprint density at radius 1 is 1.11 bits per heavy atom. The molecule has 0 unspecified atom stereocenters. The number of carbonyl (C=O) groups excluding carboxylic acids is 2. The molecule has 1 aromatic rings. The molecule has 1 rings (SSSR count). The van der Waals surface area contributed by atoms with E-state index in [9.17, 15) is 9.59 Å². The van der Waals surface area contributed by atoms with Crippen LogP contribution in [0.15, 0.2) is 30.3 Å². The molecule has 4 heteroatoms. The van der Waals surface area contributed by atoms with E-state index in [1.807, 2.05) is 30.3 Å². The molecule has 0 aliphatic heterocycles. The van der Waals surface area contributed by atoms with Gasteiger partial charge in [0.25, 0.3) is 0 Å². The molecular weight excluding hydrogens is 228 g/mol. The summed E-state index contributed by atoms with van der Waals surface area (Å²) in [5.41, 5.74) is 11.9. The first-order valence-electron chi connectivity index (χ1n) is 6.21. The second kappa shape index (κ2) is 7.74. The summed E-state index contributed by atoms with van der Waals surface area (Å²) in [7, 11) is 0. The molecule has 0 aliphatic rings. The van der Waals surface area contributed by atoms with Gasteiger partial charge in [0.2, 0.25) is 11.6 Å². The summed E-state index contributed by atoms with van der Waals surface area (Å²) >= 11 is 0. The number of benzene rings is 1. The monoisotopic (exact) mass is 248 g/mol. The minimum absolute atomic E-state index is 0.129. The van der Waals surface area contributed by atoms with Gasteiger partial charge in [-0.3, -0.25) is 9.59 Å². The topological polar surface area (TPSA) is 86.2 Å². The zero-order valence-electron chi connectivity index (χ0n) is 10.5. The fourth-order valence-electron chi connectivity index (χ4n) is 1.71. The lowest BCUT2D eigenvalue weighted by atomic mass is 9.99. The van der Waals surface area contributed by atoms with Gasteiger partial charge in [-0.2, -0.15) is 0 Å². The maximum atomic E-state index is 11.7. The highest BCUT2D eigenvalue weighted by Crippen LogP contribution is 2.04. The van der Waals surface area contributed by atoms with Crippen LogP contribution in [0.3, 0.4) is 0 Å². The lowest BCUT2D eigenvalue weighted by molar-refractivity contribution is -0.137. The van der Waals surface area contributed by atoms with E-state index in [0.29, 0.717) is 13.0 Å². The highest BCUT2D eigenvalue weighted by atomic mass is 16.2. The van der Waals surface area contributed by atoms with Crippen molar-refractivity contribution in [2.75, 3.05) is 6.54 Å². The Bertz CT molecular complexity index is 390. The summed E-state index contributed by atoms with van der Waals surface area (Å²) in [6.45, 7) is 0.582. The predicted octanol–water partition coefficient (Wildman–Crippen LogP) is 0.824. The number of rotatable bonds is 8. The molecule has 18 heavy (non-hydrogen) atoms. The molecule has 0 saturated heterocycles. The van der Waals surface area contributed by atoms with Gasteiger partial charge in [0.15, 0.2) is 0 Å². The maximum Gasteiger partial charge on any atom is 0.215 e. The van der Waals surface area contributed by atoms with Crippen molar-refractivity contribution in [2.45, 2.75) is 31.7 Å². The van der Waals surface area contributed by atoms with Crippen LogP contribution in [-0.4, -0.2) is 24.2 Å². The molecule has 1 atom stereocenters. The van der Waals surface area contributed by atoms with Gasteiger partial charge < -0.3 is 11.5 Å². The van der Waals surface area contributed by atoms with E-state index in [1.165, 1.54) is 0 Å². The average Bonchev–Trinajstić information content (AvgIpc) is 2.39. The molecule has 0 aromatic heterocycles. The largest absolute Gasteiger partial charge is 0.330 e. The summed E-state index contributed by atoms with van der Waals surface area (Å²) in [4.78, 5) is 23.5. The molecule has 0 amide bonds. The van der Waals surface area contributed by atoms with Crippen LogP contribution >= 0.6 is 0 Å². The van der Waals surface area contributed by atoms with Crippen LogP contribution in [0, 0.1) is 0 Å². The van der Waals surface area contributed by atoms with Crippen LogP contribution in [-0.2, 0) is 16.0 Å². The minimum Gasteiger partial charge on any atom is -0.330 e. The zero-order chi connectivity index (χ0) is 13.4. The highest BCUT2D eigenvalue weighted by molar-refractivity contribution is 6.39. The fraction of sp³-hybridized carbons (Fsp3) is 0.429. The molecular formula is C14H20N2O2. The first-order chi connectivity index (χ1) is 8.65. The Kier molecular flexibility index (Phi) is 6.25. The van der Waals surface area contributed by atoms with Gasteiger partial charge in [-0.15, -0.1) is 0 Å². The molecule has 0 aliphatic carbocycles. The van der Waals surface area contributed by atoms with Gasteiger partial charge in [-0.1, -0.05) is 36.8 Å². The van der Waals surface area contributed by atoms with Crippen LogP contribution in [0.4, 0.5) is 0 Å². The number of hydrogen-bond donors (Lipinski definition) is 2. The van der Waals surface area contributed by atoms with E-state index in [-0.39, 0.29) is 6.42 Å². The fourth-order valence-corrected chi connectivity index (χ4v) is 1.71. The summed E-state index contributed by atoms with van der Waals surface area (Å²) in [6, 6.07) is 8.51. The molecule has 0 fully saturated rings. The van der Waals surface area contributed by atoms with Gasteiger partial charge in [0.1, 0.15) is 0 Å². The summed E-state index contributed by atoms with van der Waals surface area (Å²) in [5, 5.41) is 0. The minimum atomic E-state index is -0.687. The molecule has 1 aromatic carbocycles. The number of Topliss-reactive ketones (excluding diaryl/α,β-unsaturated/α-hetero) is 2. The first-order valence-corrected chi connectivity index (χ1v) is 6.21. The number of nitrogens with two attached hydrogens (primary N) is 2. The Morgan fingerprint density at radius 2 is 1.78 bits per heavy atom. The lowest BCUT2D eigenvalue weighted by Crippen LogP contribution is -2.36. The third-order valence-corrected chi connectivity index (χ3v) is 2.79. The molecule has 0 spiro atoms. The van der Waals surface area contributed by atoms with E-state index < -0.39 is 17.6 Å². The van der Waals surface area contributed by atoms with Crippen molar-refractivity contribution in [1.29, 1.82) is 0 Å². The van der Waals surface area contributed by atoms with Gasteiger partial charge in [-0.05, 0) is 24.9 Å². The molecule has 4 nitrogen and oxygen atoms in total. The molecule has 0 saturated carbocycles. The van der Waals surface area contributed by atoms with E-state index in [2.05, 4.69) is 0 Å². The van der Waals surface area contributed by atoms with Crippen molar-refractivity contribution >= 4 is 11.6 Å². The zero-order valence-corrected chi connectivity index (χ0v) is 10.5. The van der Waals surface area contributed by atoms with Crippen LogP contribution in [0.5, 0.6) is 0 Å². The van der Waals surface area contributed by atoms with Gasteiger partial charge in [0, 0.05) is 6.42 Å². The van der Waals surface area contributed by atoms with Gasteiger partial charge >= 0.3 is 0 Å². The number of unbranched alkanes of at least 4 members (excludes halogenated alkanes) is 1. The number of ketones is 2. The molecule has 0 bridgehead atoms. The standard InChI is InChI=1S/C14H20N2O2/c15-9-5-4-8-12(16)14(18)13(17)10-11-6-2-1-3-7-11/h1-3,6-7,12H,4-5,8-10,15-16H2/t12-/m0/s1. The Balaban J connectivity index is 2.43. The van der Waals surface area contributed by atoms with Crippen molar-refractivity contribution in [3.63, 3.8) is 0 Å². The molecule has 0 radical (unpaired) electrons. The third-order valence-electron chi connectivity index (χ3n) is 2.79. The van der Waals surface area contributed by atoms with Crippen molar-refractivity contribution in [3.05, 3.63) is 35.9 Å². The SMILES string of the molecule is NCCCC[C@H](N)C(=O)C(=O)Cc1ccccc1. The van der Waals surface area contributed by atoms with E-state index in [4.69, 9.17) is 11.5 Å². The average molecular weight is 248 g/mol. The lowest BCUT2D eigenvalue weighted by Gasteiger charge is -2.09. The second-order valence-electron chi connectivity index (χ2n) is 4.34. The van der Waals surface area contributed by atoms with Crippen LogP contribution in [0.2, 0.25) is 0 Å². The van der Waals surface area contributed by atoms with Crippen molar-refractivity contribution in [3.8, 4) is 0 Å². The Labute approximate surface area is 107 Å². The van der Waals surface area contributed by atoms with Gasteiger partial charge in [-0.25, -0.2) is 0 Å². The Hall–Kier alpha value is -1.52. The smallest absolute Gasteiger partial charge is 0.215 e. The normalized spacial score (nSPS) is 12.1. The summed E-state index contributed by atoms with van der Waals surface area (Å²) in [5.74, 6) is -0.891. The first kappa shape index (κ1) is 14.5. The highest BCUT2D eigenvalue weighted by Gasteiger charge is 2.21. The Morgan fingerprint density at radius 3 is 2.39 bits per heavy atom. The van der Waals surface area contributed by atoms with Crippen LogP contribution in [0.25, 0.3) is 0 Å². The van der Waals surface area contributed by atoms with Crippen molar-refractivity contribution in [2.24, 2.45) is 11.5 Å². The molecule has 0 heterocycles. The van der Waals surface area contributed by atoms with Crippen molar-refractivity contribution < 1.29 is 9.59 Å². The molecule has 4 N–H and O–H groups in total. The predicted molar refractivity (Wildman–Crippen MR) is 71.0 cm³/mol. The van der Waals surface area contributed by atoms with Crippen LogP contribution < -0.4 is 11.5 Å². The van der Waals surface area contributed by atoms with Crippen LogP contribution in [0.1, 0.15) is 24.8 Å². The molecule has 98 valence electrons. The van der Waals surface area contributed by atoms with E-state index >= 15 is 0 Å². The third kappa shape index (κ3) is 4.77. The summed E-state index contributed by atoms with van der Waals surface area (Å²) in [6.07, 6.45) is 2.26. The van der Waals surface area contributed by atoms with E-state index in [0.717, 1.165) is 18.4 Å². The summed E-state index contributed by atoms with van der Waals surface area (Å²) < 4.78 is 0. The van der Waals surface area contributed by atoms with Crippen molar-refractivity contribution in [1.82, 2.24) is 0 Å². The maximum absolute atomic E-state index is 11.7. The van der Waals surface area contributed by atoms with E-state index in [1.54, 1.807) is 0 Å². The second-order valence-corrected chi connectivity index (χ2v) is 4.34. The number of carbonyl (C=O) groups is 2. The van der Waals surface area contributed by atoms with Gasteiger partial charge in [0.05, 0.1) is 6.04 Å². The number of hydrogen-bond acceptors (Lipinski definition) is 4. The quantitative estimate of drug-likeness (QED) is 0.527.